The molecule has 0 saturated heterocycles. The Kier molecular flexibility index (Phi) is 10.4. The summed E-state index contributed by atoms with van der Waals surface area (Å²) in [5.74, 6) is -0.761. The molecule has 1 aliphatic carbocycles. The number of nitrogens with zero attached hydrogens (tertiary/aromatic N) is 1. The first kappa shape index (κ1) is 29.2. The van der Waals surface area contributed by atoms with E-state index in [9.17, 15) is 14.4 Å². The number of amides is 2. The van der Waals surface area contributed by atoms with Crippen LogP contribution in [0.3, 0.4) is 0 Å². The molecule has 38 heavy (non-hydrogen) atoms. The summed E-state index contributed by atoms with van der Waals surface area (Å²) in [6.07, 6.45) is 0.310. The summed E-state index contributed by atoms with van der Waals surface area (Å²) in [5.41, 5.74) is 4.09. The van der Waals surface area contributed by atoms with Crippen molar-refractivity contribution in [3.8, 4) is 11.1 Å². The van der Waals surface area contributed by atoms with Gasteiger partial charge in [0, 0.05) is 12.5 Å². The normalized spacial score (nSPS) is 13.3. The standard InChI is InChI=1S/C29H39BN2O6/c1-5-14-36-27(34)17-32(26(33)15-30)16-20(18-38-29(2,3)4)31-28(35)37-19-25-23-12-8-6-10-21(23)22-11-7-9-13-24(22)25/h6-13,20,25H,5,14-19,30H2,1-4H3,(H,31,35)/t20-/m1/s1. The molecule has 1 aliphatic rings. The maximum Gasteiger partial charge on any atom is 0.407 e. The third-order valence-corrected chi connectivity index (χ3v) is 6.27. The van der Waals surface area contributed by atoms with E-state index in [0.29, 0.717) is 13.0 Å². The number of esters is 1. The van der Waals surface area contributed by atoms with Crippen LogP contribution in [0.1, 0.15) is 51.2 Å². The van der Waals surface area contributed by atoms with Gasteiger partial charge in [-0.2, -0.15) is 0 Å². The number of rotatable bonds is 12. The van der Waals surface area contributed by atoms with Gasteiger partial charge in [0.2, 0.25) is 5.91 Å². The molecular weight excluding hydrogens is 483 g/mol. The zero-order valence-corrected chi connectivity index (χ0v) is 23.1. The van der Waals surface area contributed by atoms with E-state index in [1.165, 1.54) is 4.90 Å². The largest absolute Gasteiger partial charge is 0.464 e. The van der Waals surface area contributed by atoms with Gasteiger partial charge in [0.05, 0.1) is 24.9 Å². The molecule has 0 radical (unpaired) electrons. The molecule has 8 nitrogen and oxygen atoms in total. The molecule has 0 heterocycles. The summed E-state index contributed by atoms with van der Waals surface area (Å²) in [6.45, 7) is 8.15. The highest BCUT2D eigenvalue weighted by molar-refractivity contribution is 6.19. The Morgan fingerprint density at radius 3 is 2.16 bits per heavy atom. The molecule has 2 aromatic rings. The van der Waals surface area contributed by atoms with Gasteiger partial charge in [-0.05, 0) is 55.8 Å². The highest BCUT2D eigenvalue weighted by Gasteiger charge is 2.30. The predicted octanol–water partition coefficient (Wildman–Crippen LogP) is 3.54. The fourth-order valence-electron chi connectivity index (χ4n) is 4.46. The lowest BCUT2D eigenvalue weighted by Gasteiger charge is -2.30. The molecule has 0 unspecified atom stereocenters. The summed E-state index contributed by atoms with van der Waals surface area (Å²) < 4.78 is 16.8. The predicted molar refractivity (Wildman–Crippen MR) is 149 cm³/mol. The SMILES string of the molecule is BCC(=O)N(CC(=O)OCCC)C[C@H](COC(C)(C)C)NC(=O)OCC1c2ccccc2-c2ccccc21. The minimum atomic E-state index is -0.605. The zero-order chi connectivity index (χ0) is 27.7. The number of benzene rings is 2. The lowest BCUT2D eigenvalue weighted by Crippen LogP contribution is -2.50. The van der Waals surface area contributed by atoms with Gasteiger partial charge >= 0.3 is 12.1 Å². The molecule has 204 valence electrons. The molecule has 9 heteroatoms. The Morgan fingerprint density at radius 1 is 1.00 bits per heavy atom. The maximum atomic E-state index is 13.0. The van der Waals surface area contributed by atoms with Crippen LogP contribution in [0.4, 0.5) is 4.79 Å². The lowest BCUT2D eigenvalue weighted by atomic mass is 9.98. The fraction of sp³-hybridized carbons (Fsp3) is 0.483. The molecule has 0 spiro atoms. The molecule has 1 N–H and O–H groups in total. The summed E-state index contributed by atoms with van der Waals surface area (Å²) in [7, 11) is 1.73. The molecule has 0 bridgehead atoms. The number of fused-ring (bicyclic) bond motifs is 3. The van der Waals surface area contributed by atoms with Crippen molar-refractivity contribution in [3.05, 3.63) is 59.7 Å². The molecule has 0 aliphatic heterocycles. The van der Waals surface area contributed by atoms with Crippen LogP contribution in [0.15, 0.2) is 48.5 Å². The van der Waals surface area contributed by atoms with Crippen LogP contribution in [0, 0.1) is 0 Å². The molecule has 0 saturated carbocycles. The van der Waals surface area contributed by atoms with Crippen molar-refractivity contribution >= 4 is 25.8 Å². The average molecular weight is 522 g/mol. The quantitative estimate of drug-likeness (QED) is 0.339. The van der Waals surface area contributed by atoms with Gasteiger partial charge in [-0.1, -0.05) is 55.5 Å². The van der Waals surface area contributed by atoms with Crippen molar-refractivity contribution < 1.29 is 28.6 Å². The highest BCUT2D eigenvalue weighted by Crippen LogP contribution is 2.44. The van der Waals surface area contributed by atoms with Gasteiger partial charge in [-0.25, -0.2) is 4.79 Å². The Labute approximate surface area is 226 Å². The minimum Gasteiger partial charge on any atom is -0.464 e. The third-order valence-electron chi connectivity index (χ3n) is 6.27. The van der Waals surface area contributed by atoms with Crippen molar-refractivity contribution in [2.24, 2.45) is 0 Å². The third kappa shape index (κ3) is 8.09. The number of carbonyl (C=O) groups is 3. The van der Waals surface area contributed by atoms with Gasteiger partial charge in [0.25, 0.3) is 0 Å². The van der Waals surface area contributed by atoms with E-state index >= 15 is 0 Å². The minimum absolute atomic E-state index is 0.0658. The maximum absolute atomic E-state index is 13.0. The number of nitrogens with one attached hydrogen (secondary N) is 1. The highest BCUT2D eigenvalue weighted by atomic mass is 16.6. The second kappa shape index (κ2) is 13.5. The average Bonchev–Trinajstić information content (AvgIpc) is 3.21. The van der Waals surface area contributed by atoms with Crippen molar-refractivity contribution in [1.82, 2.24) is 10.2 Å². The van der Waals surface area contributed by atoms with Crippen LogP contribution in [-0.4, -0.2) is 75.3 Å². The van der Waals surface area contributed by atoms with E-state index in [1.54, 1.807) is 7.85 Å². The first-order valence-corrected chi connectivity index (χ1v) is 13.3. The lowest BCUT2D eigenvalue weighted by molar-refractivity contribution is -0.149. The topological polar surface area (TPSA) is 94.2 Å². The van der Waals surface area contributed by atoms with Crippen molar-refractivity contribution in [2.75, 3.05) is 32.9 Å². The molecule has 3 rings (SSSR count). The van der Waals surface area contributed by atoms with Gasteiger partial charge in [0.15, 0.2) is 0 Å². The van der Waals surface area contributed by atoms with Crippen LogP contribution >= 0.6 is 0 Å². The number of alkyl carbamates (subject to hydrolysis) is 1. The van der Waals surface area contributed by atoms with E-state index in [4.69, 9.17) is 14.2 Å². The van der Waals surface area contributed by atoms with Gasteiger partial charge in [-0.15, -0.1) is 0 Å². The van der Waals surface area contributed by atoms with Gasteiger partial charge in [-0.3, -0.25) is 9.59 Å². The summed E-state index contributed by atoms with van der Waals surface area (Å²) in [5, 5.41) is 2.86. The smallest absolute Gasteiger partial charge is 0.407 e. The number of ether oxygens (including phenoxy) is 3. The second-order valence-electron chi connectivity index (χ2n) is 10.4. The Morgan fingerprint density at radius 2 is 1.61 bits per heavy atom. The Hall–Kier alpha value is -3.33. The fourth-order valence-corrected chi connectivity index (χ4v) is 4.46. The van der Waals surface area contributed by atoms with E-state index in [2.05, 4.69) is 29.6 Å². The molecule has 2 amide bonds. The molecule has 0 fully saturated rings. The zero-order valence-electron chi connectivity index (χ0n) is 23.1. The Balaban J connectivity index is 1.68. The van der Waals surface area contributed by atoms with E-state index in [1.807, 2.05) is 52.0 Å². The first-order chi connectivity index (χ1) is 18.1. The summed E-state index contributed by atoms with van der Waals surface area (Å²) in [4.78, 5) is 39.2. The second-order valence-corrected chi connectivity index (χ2v) is 10.4. The van der Waals surface area contributed by atoms with Crippen LogP contribution in [0.2, 0.25) is 6.32 Å². The molecule has 1 atom stereocenters. The van der Waals surface area contributed by atoms with Crippen molar-refractivity contribution in [3.63, 3.8) is 0 Å². The van der Waals surface area contributed by atoms with Crippen LogP contribution in [0.5, 0.6) is 0 Å². The number of carbonyl (C=O) groups excluding carboxylic acids is 3. The molecule has 2 aromatic carbocycles. The Bertz CT molecular complexity index is 1070. The van der Waals surface area contributed by atoms with Crippen LogP contribution in [-0.2, 0) is 23.8 Å². The van der Waals surface area contributed by atoms with Crippen LogP contribution < -0.4 is 5.32 Å². The number of hydrogen-bond acceptors (Lipinski definition) is 6. The van der Waals surface area contributed by atoms with Crippen LogP contribution in [0.25, 0.3) is 11.1 Å². The van der Waals surface area contributed by atoms with Crippen molar-refractivity contribution in [1.29, 1.82) is 0 Å². The summed E-state index contributed by atoms with van der Waals surface area (Å²) in [6, 6.07) is 15.7. The number of hydrogen-bond donors (Lipinski definition) is 1. The van der Waals surface area contributed by atoms with E-state index in [0.717, 1.165) is 22.3 Å². The van der Waals surface area contributed by atoms with E-state index in [-0.39, 0.29) is 44.4 Å². The molecule has 0 aromatic heterocycles. The van der Waals surface area contributed by atoms with E-state index < -0.39 is 23.7 Å². The summed E-state index contributed by atoms with van der Waals surface area (Å²) >= 11 is 0. The van der Waals surface area contributed by atoms with Gasteiger partial charge < -0.3 is 24.4 Å². The monoisotopic (exact) mass is 522 g/mol. The molecular formula is C29H39BN2O6. The van der Waals surface area contributed by atoms with Gasteiger partial charge in [0.1, 0.15) is 21.0 Å². The first-order valence-electron chi connectivity index (χ1n) is 13.3. The van der Waals surface area contributed by atoms with Crippen molar-refractivity contribution in [2.45, 2.75) is 58.0 Å².